The molecule has 0 aliphatic heterocycles. The number of thiazole rings is 1. The van der Waals surface area contributed by atoms with Crippen molar-refractivity contribution in [1.29, 1.82) is 0 Å². The fraction of sp³-hybridized carbons (Fsp3) is 0.438. The summed E-state index contributed by atoms with van der Waals surface area (Å²) in [4.78, 5) is 4.65. The third kappa shape index (κ3) is 4.53. The van der Waals surface area contributed by atoms with Crippen LogP contribution in [0.5, 0.6) is 5.75 Å². The lowest BCUT2D eigenvalue weighted by molar-refractivity contribution is 0.301. The van der Waals surface area contributed by atoms with E-state index in [1.165, 1.54) is 0 Å². The Morgan fingerprint density at radius 2 is 2.10 bits per heavy atom. The van der Waals surface area contributed by atoms with Crippen LogP contribution in [-0.2, 0) is 18.4 Å². The van der Waals surface area contributed by atoms with E-state index in [1.807, 2.05) is 12.1 Å². The first-order valence-electron chi connectivity index (χ1n) is 6.96. The van der Waals surface area contributed by atoms with Gasteiger partial charge in [-0.2, -0.15) is 0 Å². The molecule has 1 aromatic carbocycles. The van der Waals surface area contributed by atoms with Gasteiger partial charge in [-0.1, -0.05) is 36.7 Å². The van der Waals surface area contributed by atoms with E-state index in [9.17, 15) is 0 Å². The summed E-state index contributed by atoms with van der Waals surface area (Å²) in [5.74, 6) is 0.885. The second kappa shape index (κ2) is 6.90. The lowest BCUT2D eigenvalue weighted by atomic mass is 9.93. The third-order valence-electron chi connectivity index (χ3n) is 3.11. The molecule has 114 valence electrons. The number of nitrogens with two attached hydrogens (primary N) is 1. The Morgan fingerprint density at radius 1 is 1.33 bits per heavy atom. The molecule has 0 aliphatic rings. The Bertz CT molecular complexity index is 605. The zero-order valence-corrected chi connectivity index (χ0v) is 15.1. The molecule has 5 heteroatoms. The van der Waals surface area contributed by atoms with Crippen molar-refractivity contribution in [3.8, 4) is 5.75 Å². The highest BCUT2D eigenvalue weighted by atomic mass is 79.9. The van der Waals surface area contributed by atoms with Crippen molar-refractivity contribution in [2.75, 3.05) is 6.54 Å². The van der Waals surface area contributed by atoms with Crippen LogP contribution >= 0.6 is 27.3 Å². The maximum Gasteiger partial charge on any atom is 0.140 e. The van der Waals surface area contributed by atoms with E-state index < -0.39 is 0 Å². The van der Waals surface area contributed by atoms with Gasteiger partial charge in [-0.15, -0.1) is 11.3 Å². The number of ether oxygens (including phenoxy) is 1. The van der Waals surface area contributed by atoms with Gasteiger partial charge in [-0.3, -0.25) is 0 Å². The molecule has 1 heterocycles. The molecular formula is C16H21BrN2OS. The number of hydrogen-bond donors (Lipinski definition) is 1. The first-order chi connectivity index (χ1) is 9.90. The minimum absolute atomic E-state index is 0.0804. The Kier molecular flexibility index (Phi) is 5.41. The summed E-state index contributed by atoms with van der Waals surface area (Å²) in [5, 5.41) is 3.11. The van der Waals surface area contributed by atoms with Crippen LogP contribution in [0.1, 0.15) is 37.0 Å². The molecule has 0 spiro atoms. The van der Waals surface area contributed by atoms with Crippen LogP contribution in [0.4, 0.5) is 0 Å². The molecule has 0 fully saturated rings. The Balaban J connectivity index is 2.08. The first-order valence-corrected chi connectivity index (χ1v) is 8.63. The molecule has 0 saturated carbocycles. The fourth-order valence-electron chi connectivity index (χ4n) is 1.90. The predicted octanol–water partition coefficient (Wildman–Crippen LogP) is 4.28. The van der Waals surface area contributed by atoms with Gasteiger partial charge in [-0.05, 0) is 36.7 Å². The first kappa shape index (κ1) is 16.5. The zero-order valence-electron chi connectivity index (χ0n) is 12.6. The van der Waals surface area contributed by atoms with Gasteiger partial charge in [0.05, 0.1) is 5.69 Å². The Labute approximate surface area is 138 Å². The SMILES string of the molecule is CC(C)(C)c1csc(COc2ccc(Br)cc2CCN)n1. The van der Waals surface area contributed by atoms with Gasteiger partial charge in [-0.25, -0.2) is 4.98 Å². The second-order valence-electron chi connectivity index (χ2n) is 5.96. The van der Waals surface area contributed by atoms with Crippen LogP contribution in [-0.4, -0.2) is 11.5 Å². The third-order valence-corrected chi connectivity index (χ3v) is 4.42. The van der Waals surface area contributed by atoms with Crippen LogP contribution in [0.25, 0.3) is 0 Å². The van der Waals surface area contributed by atoms with Crippen molar-refractivity contribution in [3.63, 3.8) is 0 Å². The van der Waals surface area contributed by atoms with Gasteiger partial charge in [0, 0.05) is 15.3 Å². The number of rotatable bonds is 5. The molecule has 1 aromatic heterocycles. The topological polar surface area (TPSA) is 48.1 Å². The highest BCUT2D eigenvalue weighted by Crippen LogP contribution is 2.27. The molecule has 0 bridgehead atoms. The maximum atomic E-state index is 5.93. The molecule has 2 N–H and O–H groups in total. The van der Waals surface area contributed by atoms with Gasteiger partial charge in [0.2, 0.25) is 0 Å². The van der Waals surface area contributed by atoms with E-state index in [-0.39, 0.29) is 5.41 Å². The summed E-state index contributed by atoms with van der Waals surface area (Å²) < 4.78 is 6.97. The monoisotopic (exact) mass is 368 g/mol. The zero-order chi connectivity index (χ0) is 15.5. The molecule has 0 unspecified atom stereocenters. The summed E-state index contributed by atoms with van der Waals surface area (Å²) >= 11 is 5.13. The smallest absolute Gasteiger partial charge is 0.140 e. The van der Waals surface area contributed by atoms with Crippen molar-refractivity contribution in [3.05, 3.63) is 44.3 Å². The molecule has 0 atom stereocenters. The van der Waals surface area contributed by atoms with Gasteiger partial charge in [0.15, 0.2) is 0 Å². The molecule has 3 nitrogen and oxygen atoms in total. The standard InChI is InChI=1S/C16H21BrN2OS/c1-16(2,3)14-10-21-15(19-14)9-20-13-5-4-12(17)8-11(13)6-7-18/h4-5,8,10H,6-7,9,18H2,1-3H3. The number of nitrogens with zero attached hydrogens (tertiary/aromatic N) is 1. The minimum Gasteiger partial charge on any atom is -0.486 e. The summed E-state index contributed by atoms with van der Waals surface area (Å²) in [6, 6.07) is 6.02. The van der Waals surface area contributed by atoms with E-state index >= 15 is 0 Å². The molecule has 2 rings (SSSR count). The summed E-state index contributed by atoms with van der Waals surface area (Å²) in [5.41, 5.74) is 7.98. The van der Waals surface area contributed by atoms with E-state index in [4.69, 9.17) is 10.5 Å². The van der Waals surface area contributed by atoms with E-state index in [1.54, 1.807) is 11.3 Å². The predicted molar refractivity (Wildman–Crippen MR) is 92.0 cm³/mol. The molecule has 21 heavy (non-hydrogen) atoms. The summed E-state index contributed by atoms with van der Waals surface area (Å²) in [6.07, 6.45) is 0.805. The van der Waals surface area contributed by atoms with Crippen molar-refractivity contribution < 1.29 is 4.74 Å². The minimum atomic E-state index is 0.0804. The highest BCUT2D eigenvalue weighted by molar-refractivity contribution is 9.10. The fourth-order valence-corrected chi connectivity index (χ4v) is 3.24. The van der Waals surface area contributed by atoms with E-state index in [0.717, 1.165) is 32.9 Å². The Morgan fingerprint density at radius 3 is 2.71 bits per heavy atom. The van der Waals surface area contributed by atoms with Crippen LogP contribution in [0, 0.1) is 0 Å². The summed E-state index contributed by atoms with van der Waals surface area (Å²) in [6.45, 7) is 7.61. The van der Waals surface area contributed by atoms with Crippen molar-refractivity contribution in [2.24, 2.45) is 5.73 Å². The largest absolute Gasteiger partial charge is 0.486 e. The number of benzene rings is 1. The average molecular weight is 369 g/mol. The maximum absolute atomic E-state index is 5.93. The van der Waals surface area contributed by atoms with Gasteiger partial charge >= 0.3 is 0 Å². The number of aromatic nitrogens is 1. The lowest BCUT2D eigenvalue weighted by Crippen LogP contribution is -2.11. The molecule has 0 radical (unpaired) electrons. The molecule has 2 aromatic rings. The van der Waals surface area contributed by atoms with Crippen LogP contribution < -0.4 is 10.5 Å². The quantitative estimate of drug-likeness (QED) is 0.856. The van der Waals surface area contributed by atoms with Crippen LogP contribution in [0.15, 0.2) is 28.1 Å². The molecule has 0 amide bonds. The lowest BCUT2D eigenvalue weighted by Gasteiger charge is -2.14. The van der Waals surface area contributed by atoms with Gasteiger partial charge in [0.25, 0.3) is 0 Å². The summed E-state index contributed by atoms with van der Waals surface area (Å²) in [7, 11) is 0. The van der Waals surface area contributed by atoms with Gasteiger partial charge in [0.1, 0.15) is 17.4 Å². The van der Waals surface area contributed by atoms with Gasteiger partial charge < -0.3 is 10.5 Å². The van der Waals surface area contributed by atoms with Crippen molar-refractivity contribution in [2.45, 2.75) is 39.2 Å². The number of halogens is 1. The highest BCUT2D eigenvalue weighted by Gasteiger charge is 2.17. The number of hydrogen-bond acceptors (Lipinski definition) is 4. The van der Waals surface area contributed by atoms with E-state index in [2.05, 4.69) is 53.1 Å². The molecule has 0 aliphatic carbocycles. The van der Waals surface area contributed by atoms with E-state index in [0.29, 0.717) is 13.2 Å². The Hall–Kier alpha value is -0.910. The second-order valence-corrected chi connectivity index (χ2v) is 7.81. The molecular weight excluding hydrogens is 348 g/mol. The van der Waals surface area contributed by atoms with Crippen molar-refractivity contribution in [1.82, 2.24) is 4.98 Å². The van der Waals surface area contributed by atoms with Crippen LogP contribution in [0.3, 0.4) is 0 Å². The van der Waals surface area contributed by atoms with Crippen molar-refractivity contribution >= 4 is 27.3 Å². The molecule has 0 saturated heterocycles. The average Bonchev–Trinajstić information content (AvgIpc) is 2.87. The normalized spacial score (nSPS) is 11.7. The van der Waals surface area contributed by atoms with Crippen LogP contribution in [0.2, 0.25) is 0 Å².